The monoisotopic (exact) mass is 353 g/mol. The number of nitrogens with zero attached hydrogens (tertiary/aromatic N) is 1. The summed E-state index contributed by atoms with van der Waals surface area (Å²) in [6.07, 6.45) is 2.83. The molecule has 0 saturated carbocycles. The maximum absolute atomic E-state index is 12.5. The maximum Gasteiger partial charge on any atom is 0.293 e. The van der Waals surface area contributed by atoms with E-state index in [1.807, 2.05) is 6.08 Å². The Morgan fingerprint density at radius 3 is 2.77 bits per heavy atom. The normalized spacial score (nSPS) is 13.7. The zero-order valence-electron chi connectivity index (χ0n) is 14.3. The van der Waals surface area contributed by atoms with Gasteiger partial charge in [0.05, 0.1) is 17.6 Å². The fourth-order valence-electron chi connectivity index (χ4n) is 2.89. The van der Waals surface area contributed by atoms with Crippen molar-refractivity contribution < 1.29 is 14.5 Å². The number of amides is 1. The van der Waals surface area contributed by atoms with Crippen molar-refractivity contribution >= 4 is 22.9 Å². The van der Waals surface area contributed by atoms with E-state index in [0.717, 1.165) is 30.6 Å². The molecule has 7 heteroatoms. The second-order valence-corrected chi connectivity index (χ2v) is 5.83. The van der Waals surface area contributed by atoms with Crippen molar-refractivity contribution in [3.8, 4) is 5.75 Å². The summed E-state index contributed by atoms with van der Waals surface area (Å²) in [5.41, 5.74) is 2.20. The zero-order chi connectivity index (χ0) is 18.5. The van der Waals surface area contributed by atoms with Gasteiger partial charge in [0.2, 0.25) is 0 Å². The third-order valence-electron chi connectivity index (χ3n) is 4.23. The van der Waals surface area contributed by atoms with Gasteiger partial charge in [-0.2, -0.15) is 0 Å². The Labute approximate surface area is 150 Å². The topological polar surface area (TPSA) is 93.5 Å². The summed E-state index contributed by atoms with van der Waals surface area (Å²) in [5, 5.41) is 17.3. The zero-order valence-corrected chi connectivity index (χ0v) is 14.3. The molecule has 1 amide bonds. The van der Waals surface area contributed by atoms with Crippen LogP contribution in [0.2, 0.25) is 0 Å². The van der Waals surface area contributed by atoms with Gasteiger partial charge in [0.1, 0.15) is 11.4 Å². The van der Waals surface area contributed by atoms with Crippen molar-refractivity contribution in [2.24, 2.45) is 0 Å². The number of hydrogen-bond donors (Lipinski definition) is 2. The fraction of sp³-hybridized carbons (Fsp3) is 0.211. The highest BCUT2D eigenvalue weighted by Gasteiger charge is 2.20. The van der Waals surface area contributed by atoms with Crippen molar-refractivity contribution in [2.45, 2.75) is 6.42 Å². The van der Waals surface area contributed by atoms with Gasteiger partial charge >= 0.3 is 0 Å². The molecule has 0 radical (unpaired) electrons. The smallest absolute Gasteiger partial charge is 0.293 e. The van der Waals surface area contributed by atoms with E-state index in [-0.39, 0.29) is 11.4 Å². The van der Waals surface area contributed by atoms with Gasteiger partial charge in [0.15, 0.2) is 0 Å². The molecule has 0 bridgehead atoms. The molecule has 3 rings (SSSR count). The molecule has 0 aliphatic carbocycles. The van der Waals surface area contributed by atoms with E-state index in [1.54, 1.807) is 36.4 Å². The van der Waals surface area contributed by atoms with Crippen LogP contribution in [0.3, 0.4) is 0 Å². The van der Waals surface area contributed by atoms with Crippen LogP contribution in [0.25, 0.3) is 5.57 Å². The molecule has 134 valence electrons. The van der Waals surface area contributed by atoms with E-state index in [4.69, 9.17) is 4.74 Å². The highest BCUT2D eigenvalue weighted by atomic mass is 16.6. The van der Waals surface area contributed by atoms with Gasteiger partial charge in [-0.25, -0.2) is 0 Å². The Bertz CT molecular complexity index is 877. The van der Waals surface area contributed by atoms with Crippen molar-refractivity contribution in [3.63, 3.8) is 0 Å². The Hall–Kier alpha value is -3.19. The van der Waals surface area contributed by atoms with E-state index in [2.05, 4.69) is 10.6 Å². The Balaban J connectivity index is 1.91. The minimum Gasteiger partial charge on any atom is -0.496 e. The lowest BCUT2D eigenvalue weighted by Crippen LogP contribution is -2.20. The van der Waals surface area contributed by atoms with Gasteiger partial charge in [-0.3, -0.25) is 14.9 Å². The molecule has 1 aliphatic heterocycles. The second-order valence-electron chi connectivity index (χ2n) is 5.83. The van der Waals surface area contributed by atoms with Crippen LogP contribution in [0.15, 0.2) is 48.5 Å². The molecule has 2 N–H and O–H groups in total. The molecule has 0 aromatic heterocycles. The van der Waals surface area contributed by atoms with Crippen LogP contribution < -0.4 is 15.4 Å². The number of ether oxygens (including phenoxy) is 1. The summed E-state index contributed by atoms with van der Waals surface area (Å²) in [4.78, 5) is 23.5. The van der Waals surface area contributed by atoms with E-state index in [0.29, 0.717) is 11.3 Å². The lowest BCUT2D eigenvalue weighted by atomic mass is 9.99. The average molecular weight is 353 g/mol. The number of hydrogen-bond acceptors (Lipinski definition) is 5. The molecule has 26 heavy (non-hydrogen) atoms. The van der Waals surface area contributed by atoms with E-state index in [9.17, 15) is 14.9 Å². The van der Waals surface area contributed by atoms with Crippen LogP contribution in [0, 0.1) is 10.1 Å². The van der Waals surface area contributed by atoms with E-state index < -0.39 is 10.8 Å². The van der Waals surface area contributed by atoms with E-state index >= 15 is 0 Å². The van der Waals surface area contributed by atoms with Crippen LogP contribution in [0.4, 0.5) is 11.4 Å². The van der Waals surface area contributed by atoms with Gasteiger partial charge < -0.3 is 15.4 Å². The summed E-state index contributed by atoms with van der Waals surface area (Å²) in [6.45, 7) is 1.58. The van der Waals surface area contributed by atoms with Gasteiger partial charge in [-0.05, 0) is 42.3 Å². The van der Waals surface area contributed by atoms with Crippen LogP contribution in [0.1, 0.15) is 22.3 Å². The third kappa shape index (κ3) is 3.73. The molecule has 0 spiro atoms. The molecule has 0 unspecified atom stereocenters. The predicted molar refractivity (Wildman–Crippen MR) is 99.5 cm³/mol. The molecule has 0 atom stereocenters. The van der Waals surface area contributed by atoms with Crippen LogP contribution in [-0.4, -0.2) is 31.0 Å². The Morgan fingerprint density at radius 1 is 1.27 bits per heavy atom. The van der Waals surface area contributed by atoms with Crippen LogP contribution in [0.5, 0.6) is 5.75 Å². The highest BCUT2D eigenvalue weighted by Crippen LogP contribution is 2.31. The summed E-state index contributed by atoms with van der Waals surface area (Å²) < 4.78 is 5.17. The standard InChI is InChI=1S/C19H19N3O4/c1-26-18-5-3-2-4-15(18)19(23)21-16-7-6-14(12-17(16)22(24)25)13-8-10-20-11-9-13/h2-8,12,20H,9-11H2,1H3,(H,21,23). The van der Waals surface area contributed by atoms with Gasteiger partial charge in [-0.1, -0.05) is 24.3 Å². The van der Waals surface area contributed by atoms with Crippen molar-refractivity contribution in [1.29, 1.82) is 0 Å². The number of nitro groups is 1. The first kappa shape index (κ1) is 17.6. The number of methoxy groups -OCH3 is 1. The molecular weight excluding hydrogens is 334 g/mol. The third-order valence-corrected chi connectivity index (χ3v) is 4.23. The van der Waals surface area contributed by atoms with Gasteiger partial charge in [0.25, 0.3) is 11.6 Å². The van der Waals surface area contributed by atoms with Crippen molar-refractivity contribution in [3.05, 3.63) is 69.8 Å². The average Bonchev–Trinajstić information content (AvgIpc) is 2.68. The molecule has 0 fully saturated rings. The first-order chi connectivity index (χ1) is 12.6. The number of nitro benzene ring substituents is 1. The molecule has 0 saturated heterocycles. The number of nitrogens with one attached hydrogen (secondary N) is 2. The Morgan fingerprint density at radius 2 is 2.08 bits per heavy atom. The van der Waals surface area contributed by atoms with Gasteiger partial charge in [-0.15, -0.1) is 0 Å². The molecule has 2 aromatic rings. The van der Waals surface area contributed by atoms with Crippen LogP contribution in [-0.2, 0) is 0 Å². The molecular formula is C19H19N3O4. The van der Waals surface area contributed by atoms with Crippen LogP contribution >= 0.6 is 0 Å². The minimum atomic E-state index is -0.483. The second kappa shape index (κ2) is 7.79. The summed E-state index contributed by atoms with van der Waals surface area (Å²) >= 11 is 0. The van der Waals surface area contributed by atoms with E-state index in [1.165, 1.54) is 13.2 Å². The number of rotatable bonds is 5. The van der Waals surface area contributed by atoms with Crippen molar-refractivity contribution in [1.82, 2.24) is 5.32 Å². The summed E-state index contributed by atoms with van der Waals surface area (Å²) in [6, 6.07) is 11.6. The number of carbonyl (C=O) groups is 1. The Kier molecular flexibility index (Phi) is 5.28. The fourth-order valence-corrected chi connectivity index (χ4v) is 2.89. The molecule has 7 nitrogen and oxygen atoms in total. The molecule has 1 heterocycles. The first-order valence-electron chi connectivity index (χ1n) is 8.23. The predicted octanol–water partition coefficient (Wildman–Crippen LogP) is 3.23. The number of carbonyl (C=O) groups excluding carboxylic acids is 1. The summed E-state index contributed by atoms with van der Waals surface area (Å²) in [5.74, 6) is -0.0523. The molecule has 1 aliphatic rings. The summed E-state index contributed by atoms with van der Waals surface area (Å²) in [7, 11) is 1.47. The lowest BCUT2D eigenvalue weighted by molar-refractivity contribution is -0.383. The highest BCUT2D eigenvalue weighted by molar-refractivity contribution is 6.07. The van der Waals surface area contributed by atoms with Crippen molar-refractivity contribution in [2.75, 3.05) is 25.5 Å². The quantitative estimate of drug-likeness (QED) is 0.636. The number of para-hydroxylation sites is 1. The maximum atomic E-state index is 12.5. The SMILES string of the molecule is COc1ccccc1C(=O)Nc1ccc(C2=CCNCC2)cc1[N+](=O)[O-]. The molecule has 2 aromatic carbocycles. The number of anilines is 1. The lowest BCUT2D eigenvalue weighted by Gasteiger charge is -2.15. The first-order valence-corrected chi connectivity index (χ1v) is 8.23. The minimum absolute atomic E-state index is 0.134. The largest absolute Gasteiger partial charge is 0.496 e. The van der Waals surface area contributed by atoms with Gasteiger partial charge in [0, 0.05) is 12.6 Å². The number of benzene rings is 2.